The molecule has 1 aliphatic carbocycles. The van der Waals surface area contributed by atoms with Gasteiger partial charge in [-0.15, -0.1) is 0 Å². The lowest BCUT2D eigenvalue weighted by Gasteiger charge is -2.25. The van der Waals surface area contributed by atoms with E-state index in [1.54, 1.807) is 6.92 Å². The van der Waals surface area contributed by atoms with Crippen molar-refractivity contribution in [2.24, 2.45) is 5.92 Å². The monoisotopic (exact) mass is 182 g/mol. The SMILES string of the molecule is C=C(C)C(=O)C(O)C1CCCCC1. The summed E-state index contributed by atoms with van der Waals surface area (Å²) in [7, 11) is 0. The Balaban J connectivity index is 2.49. The van der Waals surface area contributed by atoms with Crippen molar-refractivity contribution >= 4 is 5.78 Å². The summed E-state index contributed by atoms with van der Waals surface area (Å²) >= 11 is 0. The summed E-state index contributed by atoms with van der Waals surface area (Å²) in [6, 6.07) is 0. The second-order valence-corrected chi connectivity index (χ2v) is 3.99. The van der Waals surface area contributed by atoms with Gasteiger partial charge in [-0.05, 0) is 31.3 Å². The van der Waals surface area contributed by atoms with Crippen molar-refractivity contribution in [3.05, 3.63) is 12.2 Å². The highest BCUT2D eigenvalue weighted by atomic mass is 16.3. The number of carbonyl (C=O) groups excluding carboxylic acids is 1. The molecule has 0 amide bonds. The summed E-state index contributed by atoms with van der Waals surface area (Å²) in [4.78, 5) is 11.4. The highest BCUT2D eigenvalue weighted by molar-refractivity contribution is 5.97. The van der Waals surface area contributed by atoms with Crippen LogP contribution in [0.3, 0.4) is 0 Å². The lowest BCUT2D eigenvalue weighted by atomic mass is 9.83. The Morgan fingerprint density at radius 1 is 1.38 bits per heavy atom. The Labute approximate surface area is 79.6 Å². The Hall–Kier alpha value is -0.630. The zero-order valence-electron chi connectivity index (χ0n) is 8.25. The van der Waals surface area contributed by atoms with E-state index in [2.05, 4.69) is 6.58 Å². The van der Waals surface area contributed by atoms with Gasteiger partial charge < -0.3 is 5.11 Å². The van der Waals surface area contributed by atoms with Gasteiger partial charge in [0.05, 0.1) is 0 Å². The molecule has 0 aromatic rings. The first-order chi connectivity index (χ1) is 6.13. The van der Waals surface area contributed by atoms with E-state index in [-0.39, 0.29) is 11.7 Å². The normalized spacial score (nSPS) is 21.1. The van der Waals surface area contributed by atoms with Crippen LogP contribution in [0.25, 0.3) is 0 Å². The standard InChI is InChI=1S/C11H18O2/c1-8(2)10(12)11(13)9-6-4-3-5-7-9/h9,11,13H,1,3-7H2,2H3. The number of rotatable bonds is 3. The van der Waals surface area contributed by atoms with Gasteiger partial charge in [-0.1, -0.05) is 25.8 Å². The maximum Gasteiger partial charge on any atom is 0.186 e. The first-order valence-corrected chi connectivity index (χ1v) is 5.00. The largest absolute Gasteiger partial charge is 0.385 e. The van der Waals surface area contributed by atoms with Crippen molar-refractivity contribution < 1.29 is 9.90 Å². The van der Waals surface area contributed by atoms with Gasteiger partial charge >= 0.3 is 0 Å². The van der Waals surface area contributed by atoms with Crippen LogP contribution >= 0.6 is 0 Å². The number of Topliss-reactive ketones (excluding diaryl/α,β-unsaturated/α-hetero) is 1. The topological polar surface area (TPSA) is 37.3 Å². The molecule has 1 N–H and O–H groups in total. The van der Waals surface area contributed by atoms with Crippen molar-refractivity contribution in [1.82, 2.24) is 0 Å². The van der Waals surface area contributed by atoms with Crippen molar-refractivity contribution in [3.8, 4) is 0 Å². The van der Waals surface area contributed by atoms with Gasteiger partial charge in [0.15, 0.2) is 5.78 Å². The first kappa shape index (κ1) is 10.5. The highest BCUT2D eigenvalue weighted by Crippen LogP contribution is 2.27. The van der Waals surface area contributed by atoms with Crippen LogP contribution in [0.1, 0.15) is 39.0 Å². The number of hydrogen-bond acceptors (Lipinski definition) is 2. The fourth-order valence-electron chi connectivity index (χ4n) is 1.92. The molecule has 0 saturated heterocycles. The van der Waals surface area contributed by atoms with Gasteiger partial charge in [0.2, 0.25) is 0 Å². The first-order valence-electron chi connectivity index (χ1n) is 5.00. The molecule has 0 bridgehead atoms. The molecular formula is C11H18O2. The fourth-order valence-corrected chi connectivity index (χ4v) is 1.92. The molecule has 0 aliphatic heterocycles. The summed E-state index contributed by atoms with van der Waals surface area (Å²) < 4.78 is 0. The summed E-state index contributed by atoms with van der Waals surface area (Å²) in [5.41, 5.74) is 0.470. The van der Waals surface area contributed by atoms with Gasteiger partial charge in [-0.2, -0.15) is 0 Å². The van der Waals surface area contributed by atoms with E-state index in [1.807, 2.05) is 0 Å². The predicted molar refractivity (Wildman–Crippen MR) is 52.4 cm³/mol. The van der Waals surface area contributed by atoms with Crippen molar-refractivity contribution in [1.29, 1.82) is 0 Å². The smallest absolute Gasteiger partial charge is 0.186 e. The zero-order valence-corrected chi connectivity index (χ0v) is 8.25. The van der Waals surface area contributed by atoms with Crippen LogP contribution < -0.4 is 0 Å². The van der Waals surface area contributed by atoms with E-state index in [9.17, 15) is 9.90 Å². The van der Waals surface area contributed by atoms with Gasteiger partial charge in [0, 0.05) is 0 Å². The molecular weight excluding hydrogens is 164 g/mol. The van der Waals surface area contributed by atoms with Crippen molar-refractivity contribution in [3.63, 3.8) is 0 Å². The molecule has 0 radical (unpaired) electrons. The Morgan fingerprint density at radius 3 is 2.38 bits per heavy atom. The van der Waals surface area contributed by atoms with Crippen molar-refractivity contribution in [2.75, 3.05) is 0 Å². The van der Waals surface area contributed by atoms with E-state index in [1.165, 1.54) is 6.42 Å². The van der Waals surface area contributed by atoms with Crippen LogP contribution in [0.4, 0.5) is 0 Å². The molecule has 0 heterocycles. The summed E-state index contributed by atoms with van der Waals surface area (Å²) in [6.45, 7) is 5.22. The van der Waals surface area contributed by atoms with Crippen LogP contribution in [0, 0.1) is 5.92 Å². The molecule has 13 heavy (non-hydrogen) atoms. The zero-order chi connectivity index (χ0) is 9.84. The summed E-state index contributed by atoms with van der Waals surface area (Å²) in [5.74, 6) is 0.00449. The second-order valence-electron chi connectivity index (χ2n) is 3.99. The van der Waals surface area contributed by atoms with E-state index in [4.69, 9.17) is 0 Å². The van der Waals surface area contributed by atoms with Crippen LogP contribution in [0.5, 0.6) is 0 Å². The average Bonchev–Trinajstić information content (AvgIpc) is 2.17. The maximum atomic E-state index is 11.4. The van der Waals surface area contributed by atoms with Gasteiger partial charge in [0.25, 0.3) is 0 Å². The minimum atomic E-state index is -0.794. The Bertz CT molecular complexity index is 202. The molecule has 1 aliphatic rings. The van der Waals surface area contributed by atoms with Crippen LogP contribution in [0.2, 0.25) is 0 Å². The number of carbonyl (C=O) groups is 1. The molecule has 0 aromatic carbocycles. The Morgan fingerprint density at radius 2 is 1.92 bits per heavy atom. The minimum Gasteiger partial charge on any atom is -0.385 e. The molecule has 1 saturated carbocycles. The van der Waals surface area contributed by atoms with Gasteiger partial charge in [-0.25, -0.2) is 0 Å². The molecule has 1 unspecified atom stereocenters. The van der Waals surface area contributed by atoms with Crippen LogP contribution in [0.15, 0.2) is 12.2 Å². The molecule has 2 nitrogen and oxygen atoms in total. The minimum absolute atomic E-state index is 0.174. The number of aliphatic hydroxyl groups is 1. The number of aliphatic hydroxyl groups excluding tert-OH is 1. The Kier molecular flexibility index (Phi) is 3.67. The molecule has 74 valence electrons. The van der Waals surface area contributed by atoms with Crippen LogP contribution in [-0.4, -0.2) is 17.0 Å². The number of ketones is 1. The van der Waals surface area contributed by atoms with E-state index in [0.717, 1.165) is 25.7 Å². The van der Waals surface area contributed by atoms with Gasteiger partial charge in [0.1, 0.15) is 6.10 Å². The van der Waals surface area contributed by atoms with Gasteiger partial charge in [-0.3, -0.25) is 4.79 Å². The highest BCUT2D eigenvalue weighted by Gasteiger charge is 2.27. The average molecular weight is 182 g/mol. The van der Waals surface area contributed by atoms with E-state index >= 15 is 0 Å². The molecule has 0 spiro atoms. The lowest BCUT2D eigenvalue weighted by Crippen LogP contribution is -2.31. The third-order valence-electron chi connectivity index (χ3n) is 2.79. The van der Waals surface area contributed by atoms with E-state index < -0.39 is 6.10 Å². The van der Waals surface area contributed by atoms with Crippen LogP contribution in [-0.2, 0) is 4.79 Å². The summed E-state index contributed by atoms with van der Waals surface area (Å²) in [5, 5.41) is 9.70. The molecule has 0 aromatic heterocycles. The predicted octanol–water partition coefficient (Wildman–Crippen LogP) is 2.07. The maximum absolute atomic E-state index is 11.4. The third-order valence-corrected chi connectivity index (χ3v) is 2.79. The quantitative estimate of drug-likeness (QED) is 0.678. The lowest BCUT2D eigenvalue weighted by molar-refractivity contribution is -0.126. The van der Waals surface area contributed by atoms with Crippen molar-refractivity contribution in [2.45, 2.75) is 45.1 Å². The third kappa shape index (κ3) is 2.66. The van der Waals surface area contributed by atoms with E-state index in [0.29, 0.717) is 5.57 Å². The molecule has 1 fully saturated rings. The number of hydrogen-bond donors (Lipinski definition) is 1. The molecule has 2 heteroatoms. The second kappa shape index (κ2) is 4.56. The summed E-state index contributed by atoms with van der Waals surface area (Å²) in [6.07, 6.45) is 4.71. The fraction of sp³-hybridized carbons (Fsp3) is 0.727. The molecule has 1 rings (SSSR count). The molecule has 1 atom stereocenters.